The molecule has 2 heterocycles. The average Bonchev–Trinajstić information content (AvgIpc) is 3.70. The Labute approximate surface area is 219 Å². The second kappa shape index (κ2) is 6.51. The van der Waals surface area contributed by atoms with Gasteiger partial charge in [-0.15, -0.1) is 0 Å². The molecule has 0 N–H and O–H groups in total. The molecule has 0 bridgehead atoms. The molecule has 38 heavy (non-hydrogen) atoms. The van der Waals surface area contributed by atoms with Crippen LogP contribution in [0.2, 0.25) is 0 Å². The number of rotatable bonds is 1. The number of fused-ring (bicyclic) bond motifs is 12. The van der Waals surface area contributed by atoms with E-state index in [1.807, 2.05) is 0 Å². The third-order valence-corrected chi connectivity index (χ3v) is 9.17. The zero-order chi connectivity index (χ0) is 24.5. The normalized spacial score (nSPS) is 15.1. The summed E-state index contributed by atoms with van der Waals surface area (Å²) in [7, 11) is 0. The Morgan fingerprint density at radius 3 is 2.00 bits per heavy atom. The lowest BCUT2D eigenvalue weighted by Crippen LogP contribution is -1.94. The van der Waals surface area contributed by atoms with Gasteiger partial charge in [-0.1, -0.05) is 97.1 Å². The molecular formula is C37H21N. The Morgan fingerprint density at radius 1 is 0.421 bits per heavy atom. The minimum absolute atomic E-state index is 0.359. The quantitative estimate of drug-likeness (QED) is 0.221. The van der Waals surface area contributed by atoms with Crippen LogP contribution < -0.4 is 0 Å². The Morgan fingerprint density at radius 2 is 1.05 bits per heavy atom. The van der Waals surface area contributed by atoms with E-state index in [4.69, 9.17) is 0 Å². The van der Waals surface area contributed by atoms with E-state index >= 15 is 0 Å². The van der Waals surface area contributed by atoms with E-state index < -0.39 is 0 Å². The maximum absolute atomic E-state index is 2.45. The fraction of sp³-hybridized carbons (Fsp3) is 0.0270. The summed E-state index contributed by atoms with van der Waals surface area (Å²) in [5.74, 6) is 0.359. The van der Waals surface area contributed by atoms with E-state index in [2.05, 4.69) is 126 Å². The fourth-order valence-corrected chi connectivity index (χ4v) is 7.65. The second-order valence-corrected chi connectivity index (χ2v) is 10.9. The van der Waals surface area contributed by atoms with Crippen LogP contribution >= 0.6 is 0 Å². The molecule has 10 rings (SSSR count). The molecule has 0 saturated heterocycles. The lowest BCUT2D eigenvalue weighted by Gasteiger charge is -2.12. The van der Waals surface area contributed by atoms with Crippen LogP contribution in [0.1, 0.15) is 22.6 Å². The van der Waals surface area contributed by atoms with Crippen LogP contribution in [0.15, 0.2) is 121 Å². The van der Waals surface area contributed by atoms with E-state index in [-0.39, 0.29) is 0 Å². The van der Waals surface area contributed by atoms with Crippen LogP contribution in [-0.2, 0) is 0 Å². The molecule has 2 aliphatic carbocycles. The van der Waals surface area contributed by atoms with Crippen molar-refractivity contribution in [2.45, 2.75) is 5.92 Å². The third-order valence-electron chi connectivity index (χ3n) is 9.17. The standard InChI is InChI=1S/C37H21N/c1-2-9-25-23(7-1)26-10-5-11-27-31-19-21(15-17-28(31)36(25)35(26)27)22-16-18-34-32(20-22)30-13-6-12-29-24-8-3-4-14-33(24)38(34)37(29)30/h1-20,36H. The molecule has 1 unspecified atom stereocenters. The highest BCUT2D eigenvalue weighted by molar-refractivity contribution is 6.23. The van der Waals surface area contributed by atoms with Gasteiger partial charge >= 0.3 is 0 Å². The lowest BCUT2D eigenvalue weighted by molar-refractivity contribution is 1.06. The van der Waals surface area contributed by atoms with Gasteiger partial charge in [0, 0.05) is 27.5 Å². The van der Waals surface area contributed by atoms with Crippen molar-refractivity contribution in [3.05, 3.63) is 138 Å². The molecule has 0 radical (unpaired) electrons. The minimum atomic E-state index is 0.359. The summed E-state index contributed by atoms with van der Waals surface area (Å²) in [4.78, 5) is 0. The molecule has 2 aliphatic rings. The van der Waals surface area contributed by atoms with Crippen LogP contribution in [0.25, 0.3) is 71.5 Å². The largest absolute Gasteiger partial charge is 0.308 e. The van der Waals surface area contributed by atoms with Crippen molar-refractivity contribution in [2.75, 3.05) is 0 Å². The fourth-order valence-electron chi connectivity index (χ4n) is 7.65. The molecule has 2 aromatic heterocycles. The second-order valence-electron chi connectivity index (χ2n) is 10.9. The van der Waals surface area contributed by atoms with E-state index in [0.29, 0.717) is 5.92 Å². The third kappa shape index (κ3) is 2.13. The number of hydrogen-bond donors (Lipinski definition) is 0. The maximum Gasteiger partial charge on any atom is 0.0620 e. The van der Waals surface area contributed by atoms with Crippen molar-refractivity contribution in [1.29, 1.82) is 0 Å². The molecule has 0 fully saturated rings. The van der Waals surface area contributed by atoms with E-state index in [9.17, 15) is 0 Å². The number of nitrogens with zero attached hydrogens (tertiary/aromatic N) is 1. The summed E-state index contributed by atoms with van der Waals surface area (Å²) in [6, 6.07) is 45.5. The molecule has 174 valence electrons. The molecule has 1 atom stereocenters. The SMILES string of the molecule is c1ccc2c(c1)-c1cccc3c1C2c1ccc(-c2ccc4c(c2)c2cccc5c6ccccc6n4c52)cc1-3. The number of benzene rings is 6. The van der Waals surface area contributed by atoms with Crippen LogP contribution in [0, 0.1) is 0 Å². The molecule has 6 aromatic carbocycles. The van der Waals surface area contributed by atoms with E-state index in [1.54, 1.807) is 0 Å². The first kappa shape index (κ1) is 19.3. The zero-order valence-corrected chi connectivity index (χ0v) is 20.6. The number of aromatic nitrogens is 1. The van der Waals surface area contributed by atoms with Crippen molar-refractivity contribution < 1.29 is 0 Å². The Bertz CT molecular complexity index is 2300. The Balaban J connectivity index is 1.20. The maximum atomic E-state index is 2.45. The first-order valence-corrected chi connectivity index (χ1v) is 13.4. The van der Waals surface area contributed by atoms with Gasteiger partial charge in [0.15, 0.2) is 0 Å². The number of hydrogen-bond acceptors (Lipinski definition) is 0. The molecule has 0 spiro atoms. The summed E-state index contributed by atoms with van der Waals surface area (Å²) in [5.41, 5.74) is 16.4. The molecule has 1 heteroatoms. The topological polar surface area (TPSA) is 4.41 Å². The van der Waals surface area contributed by atoms with Crippen molar-refractivity contribution >= 4 is 38.1 Å². The van der Waals surface area contributed by atoms with Gasteiger partial charge < -0.3 is 4.40 Å². The van der Waals surface area contributed by atoms with Crippen LogP contribution in [-0.4, -0.2) is 4.40 Å². The van der Waals surface area contributed by atoms with Gasteiger partial charge in [-0.2, -0.15) is 0 Å². The monoisotopic (exact) mass is 479 g/mol. The van der Waals surface area contributed by atoms with Crippen LogP contribution in [0.3, 0.4) is 0 Å². The van der Waals surface area contributed by atoms with Gasteiger partial charge in [0.25, 0.3) is 0 Å². The predicted molar refractivity (Wildman–Crippen MR) is 158 cm³/mol. The van der Waals surface area contributed by atoms with Crippen molar-refractivity contribution in [1.82, 2.24) is 4.40 Å². The highest BCUT2D eigenvalue weighted by atomic mass is 14.9. The van der Waals surface area contributed by atoms with Crippen molar-refractivity contribution in [2.24, 2.45) is 0 Å². The van der Waals surface area contributed by atoms with Gasteiger partial charge in [0.2, 0.25) is 0 Å². The molecule has 8 aromatic rings. The van der Waals surface area contributed by atoms with Crippen LogP contribution in [0.5, 0.6) is 0 Å². The Hall–Kier alpha value is -4.88. The lowest BCUT2D eigenvalue weighted by atomic mass is 9.91. The van der Waals surface area contributed by atoms with Gasteiger partial charge in [0.05, 0.1) is 16.6 Å². The summed E-state index contributed by atoms with van der Waals surface area (Å²) >= 11 is 0. The van der Waals surface area contributed by atoms with E-state index in [0.717, 1.165) is 0 Å². The summed E-state index contributed by atoms with van der Waals surface area (Å²) in [5, 5.41) is 5.32. The van der Waals surface area contributed by atoms with Crippen molar-refractivity contribution in [3.8, 4) is 33.4 Å². The number of para-hydroxylation sites is 2. The van der Waals surface area contributed by atoms with Gasteiger partial charge in [-0.25, -0.2) is 0 Å². The highest BCUT2D eigenvalue weighted by Crippen LogP contribution is 2.58. The van der Waals surface area contributed by atoms with Gasteiger partial charge in [0.1, 0.15) is 0 Å². The molecular weight excluding hydrogens is 458 g/mol. The smallest absolute Gasteiger partial charge is 0.0620 e. The predicted octanol–water partition coefficient (Wildman–Crippen LogP) is 9.64. The first-order valence-electron chi connectivity index (χ1n) is 13.4. The van der Waals surface area contributed by atoms with E-state index in [1.165, 1.54) is 88.2 Å². The Kier molecular flexibility index (Phi) is 3.30. The summed E-state index contributed by atoms with van der Waals surface area (Å²) < 4.78 is 2.45. The van der Waals surface area contributed by atoms with Crippen LogP contribution in [0.4, 0.5) is 0 Å². The van der Waals surface area contributed by atoms with Gasteiger partial charge in [-0.05, 0) is 74.3 Å². The highest BCUT2D eigenvalue weighted by Gasteiger charge is 2.38. The molecule has 0 amide bonds. The molecule has 0 aliphatic heterocycles. The molecule has 0 saturated carbocycles. The van der Waals surface area contributed by atoms with Crippen molar-refractivity contribution in [3.63, 3.8) is 0 Å². The molecule has 1 nitrogen and oxygen atoms in total. The summed E-state index contributed by atoms with van der Waals surface area (Å²) in [6.07, 6.45) is 0. The summed E-state index contributed by atoms with van der Waals surface area (Å²) in [6.45, 7) is 0. The minimum Gasteiger partial charge on any atom is -0.308 e. The first-order chi connectivity index (χ1) is 18.9. The van der Waals surface area contributed by atoms with Gasteiger partial charge in [-0.3, -0.25) is 0 Å². The zero-order valence-electron chi connectivity index (χ0n) is 20.6. The average molecular weight is 480 g/mol.